The van der Waals surface area contributed by atoms with Gasteiger partial charge in [0.05, 0.1) is 11.6 Å². The number of amides is 1. The molecule has 1 atom stereocenters. The maximum Gasteiger partial charge on any atom is 0.490 e. The minimum Gasteiger partial charge on any atom is -0.475 e. The molecular weight excluding hydrogens is 620 g/mol. The molecule has 0 radical (unpaired) electrons. The van der Waals surface area contributed by atoms with Crippen LogP contribution in [0.4, 0.5) is 32.3 Å². The molecule has 20 heteroatoms. The summed E-state index contributed by atoms with van der Waals surface area (Å²) in [5, 5.41) is 23.1. The average Bonchev–Trinajstić information content (AvgIpc) is 3.41. The molecule has 2 saturated heterocycles. The molecule has 0 bridgehead atoms. The molecule has 14 nitrogen and oxygen atoms in total. The van der Waals surface area contributed by atoms with E-state index < -0.39 is 24.3 Å². The topological polar surface area (TPSA) is 161 Å². The van der Waals surface area contributed by atoms with Crippen molar-refractivity contribution in [3.8, 4) is 0 Å². The Morgan fingerprint density at radius 1 is 0.822 bits per heavy atom. The van der Waals surface area contributed by atoms with Crippen molar-refractivity contribution in [2.24, 2.45) is 0 Å². The van der Waals surface area contributed by atoms with Crippen LogP contribution in [0.2, 0.25) is 0 Å². The number of nitrogens with zero attached hydrogens (tertiary/aromatic N) is 9. The summed E-state index contributed by atoms with van der Waals surface area (Å²) in [6.07, 6.45) is -4.76. The summed E-state index contributed by atoms with van der Waals surface area (Å²) in [5.74, 6) is -3.91. The maximum atomic E-state index is 13.1. The minimum absolute atomic E-state index is 0.0153. The number of carbonyl (C=O) groups is 3. The second-order valence-electron chi connectivity index (χ2n) is 9.90. The molecule has 3 aromatic heterocycles. The maximum absolute atomic E-state index is 13.1. The Kier molecular flexibility index (Phi) is 11.2. The molecule has 0 aromatic carbocycles. The number of rotatable bonds is 3. The number of aliphatic carboxylic acids is 2. The Morgan fingerprint density at radius 2 is 1.38 bits per heavy atom. The van der Waals surface area contributed by atoms with Gasteiger partial charge in [0.15, 0.2) is 11.5 Å². The van der Waals surface area contributed by atoms with Gasteiger partial charge in [-0.05, 0) is 32.3 Å². The molecule has 2 aliphatic rings. The van der Waals surface area contributed by atoms with Gasteiger partial charge in [0.2, 0.25) is 5.95 Å². The number of pyridine rings is 1. The van der Waals surface area contributed by atoms with Crippen molar-refractivity contribution in [1.82, 2.24) is 39.3 Å². The van der Waals surface area contributed by atoms with Crippen molar-refractivity contribution in [2.75, 3.05) is 64.8 Å². The van der Waals surface area contributed by atoms with E-state index in [1.165, 1.54) is 0 Å². The normalized spacial score (nSPS) is 18.0. The number of hydrogen-bond acceptors (Lipinski definition) is 10. The van der Waals surface area contributed by atoms with Crippen molar-refractivity contribution in [2.45, 2.75) is 18.4 Å². The highest BCUT2D eigenvalue weighted by molar-refractivity contribution is 5.94. The lowest BCUT2D eigenvalue weighted by Crippen LogP contribution is -2.48. The Balaban J connectivity index is 0.000000331. The highest BCUT2D eigenvalue weighted by atomic mass is 19.4. The van der Waals surface area contributed by atoms with Crippen molar-refractivity contribution in [3.05, 3.63) is 48.2 Å². The number of carboxylic acids is 2. The zero-order valence-electron chi connectivity index (χ0n) is 23.9. The number of carbonyl (C=O) groups excluding carboxylic acids is 1. The van der Waals surface area contributed by atoms with Crippen LogP contribution >= 0.6 is 0 Å². The second kappa shape index (κ2) is 14.5. The van der Waals surface area contributed by atoms with Crippen LogP contribution in [-0.2, 0) is 9.59 Å². The third-order valence-corrected chi connectivity index (χ3v) is 6.73. The summed E-state index contributed by atoms with van der Waals surface area (Å²) in [4.78, 5) is 48.3. The third kappa shape index (κ3) is 9.45. The van der Waals surface area contributed by atoms with Gasteiger partial charge >= 0.3 is 24.3 Å². The highest BCUT2D eigenvalue weighted by Crippen LogP contribution is 2.25. The molecule has 1 amide bonds. The van der Waals surface area contributed by atoms with Gasteiger partial charge in [-0.3, -0.25) is 14.1 Å². The van der Waals surface area contributed by atoms with E-state index in [0.717, 1.165) is 56.7 Å². The number of halogens is 6. The average molecular weight is 650 g/mol. The molecule has 5 heterocycles. The predicted molar refractivity (Wildman–Crippen MR) is 143 cm³/mol. The molecule has 5 rings (SSSR count). The van der Waals surface area contributed by atoms with Crippen molar-refractivity contribution in [1.29, 1.82) is 0 Å². The first-order valence-electron chi connectivity index (χ1n) is 13.1. The van der Waals surface area contributed by atoms with Crippen LogP contribution in [-0.4, -0.2) is 140 Å². The van der Waals surface area contributed by atoms with Crippen molar-refractivity contribution >= 4 is 29.4 Å². The molecule has 1 unspecified atom stereocenters. The highest BCUT2D eigenvalue weighted by Gasteiger charge is 2.39. The van der Waals surface area contributed by atoms with E-state index in [2.05, 4.69) is 49.0 Å². The first kappa shape index (κ1) is 34.9. The van der Waals surface area contributed by atoms with Crippen molar-refractivity contribution < 1.29 is 50.9 Å². The molecule has 2 aliphatic heterocycles. The second-order valence-corrected chi connectivity index (χ2v) is 9.90. The monoisotopic (exact) mass is 649 g/mol. The van der Waals surface area contributed by atoms with Gasteiger partial charge in [-0.15, -0.1) is 10.2 Å². The summed E-state index contributed by atoms with van der Waals surface area (Å²) in [7, 11) is 4.18. The SMILES string of the molecule is CN1CCN(C(=O)c2ccc3nnc(C4CN(c5ncccn5)CCN4C)n3c2)CC1.O=C(O)C(F)(F)F.O=C(O)C(F)(F)F. The van der Waals surface area contributed by atoms with E-state index in [-0.39, 0.29) is 11.9 Å². The minimum atomic E-state index is -5.08. The lowest BCUT2D eigenvalue weighted by Gasteiger charge is -2.38. The fraction of sp³-hybridized carbons (Fsp3) is 0.480. The van der Waals surface area contributed by atoms with E-state index >= 15 is 0 Å². The first-order chi connectivity index (χ1) is 21.0. The van der Waals surface area contributed by atoms with Gasteiger partial charge in [-0.1, -0.05) is 0 Å². The lowest BCUT2D eigenvalue weighted by molar-refractivity contribution is -0.193. The number of aromatic nitrogens is 5. The van der Waals surface area contributed by atoms with Crippen LogP contribution < -0.4 is 4.90 Å². The Morgan fingerprint density at radius 3 is 1.91 bits per heavy atom. The summed E-state index contributed by atoms with van der Waals surface area (Å²) in [6.45, 7) is 5.71. The van der Waals surface area contributed by atoms with Crippen LogP contribution in [0, 0.1) is 0 Å². The number of anilines is 1. The smallest absolute Gasteiger partial charge is 0.475 e. The van der Waals surface area contributed by atoms with Gasteiger partial charge in [0.1, 0.15) is 0 Å². The van der Waals surface area contributed by atoms with Crippen LogP contribution in [0.15, 0.2) is 36.8 Å². The zero-order valence-corrected chi connectivity index (χ0v) is 23.9. The van der Waals surface area contributed by atoms with Crippen LogP contribution in [0.5, 0.6) is 0 Å². The predicted octanol–water partition coefficient (Wildman–Crippen LogP) is 1.67. The van der Waals surface area contributed by atoms with Gasteiger partial charge in [0.25, 0.3) is 5.91 Å². The van der Waals surface area contributed by atoms with Gasteiger partial charge in [0, 0.05) is 64.4 Å². The van der Waals surface area contributed by atoms with Gasteiger partial charge in [-0.25, -0.2) is 19.6 Å². The lowest BCUT2D eigenvalue weighted by atomic mass is 10.1. The van der Waals surface area contributed by atoms with E-state index in [4.69, 9.17) is 19.8 Å². The molecular formula is C25H29F6N9O5. The number of piperazine rings is 2. The van der Waals surface area contributed by atoms with E-state index in [1.807, 2.05) is 33.7 Å². The number of fused-ring (bicyclic) bond motifs is 1. The Hall–Kier alpha value is -4.59. The van der Waals surface area contributed by atoms with Gasteiger partial charge < -0.3 is 24.9 Å². The largest absolute Gasteiger partial charge is 0.490 e. The molecule has 2 N–H and O–H groups in total. The first-order valence-corrected chi connectivity index (χ1v) is 13.1. The molecule has 0 spiro atoms. The summed E-state index contributed by atoms with van der Waals surface area (Å²) in [5.41, 5.74) is 1.41. The Labute approximate surface area is 251 Å². The molecule has 246 valence electrons. The summed E-state index contributed by atoms with van der Waals surface area (Å²) in [6, 6.07) is 5.56. The molecule has 3 aromatic rings. The fourth-order valence-electron chi connectivity index (χ4n) is 4.24. The molecule has 45 heavy (non-hydrogen) atoms. The third-order valence-electron chi connectivity index (χ3n) is 6.73. The number of alkyl halides is 6. The van der Waals surface area contributed by atoms with Crippen molar-refractivity contribution in [3.63, 3.8) is 0 Å². The molecule has 2 fully saturated rings. The van der Waals surface area contributed by atoms with Crippen LogP contribution in [0.1, 0.15) is 22.2 Å². The summed E-state index contributed by atoms with van der Waals surface area (Å²) >= 11 is 0. The van der Waals surface area contributed by atoms with E-state index in [0.29, 0.717) is 12.1 Å². The Bertz CT molecular complexity index is 1440. The van der Waals surface area contributed by atoms with E-state index in [9.17, 15) is 31.1 Å². The quantitative estimate of drug-likeness (QED) is 0.396. The number of carboxylic acid groups (broad SMARTS) is 2. The molecule has 0 saturated carbocycles. The summed E-state index contributed by atoms with van der Waals surface area (Å²) < 4.78 is 65.4. The van der Waals surface area contributed by atoms with Gasteiger partial charge in [-0.2, -0.15) is 26.3 Å². The van der Waals surface area contributed by atoms with Crippen LogP contribution in [0.3, 0.4) is 0 Å². The number of likely N-dealkylation sites (N-methyl/N-ethyl adjacent to an activating group) is 2. The standard InChI is InChI=1S/C21H27N9O.2C2HF3O2/c1-26-8-11-28(12-9-26)20(31)16-4-5-18-24-25-19(30(18)14-16)17-15-29(13-10-27(17)2)21-22-6-3-7-23-21;2*3-2(4,5)1(6)7/h3-7,14,17H,8-13,15H2,1-2H3;2*(H,6,7). The van der Waals surface area contributed by atoms with Crippen LogP contribution in [0.25, 0.3) is 5.65 Å². The zero-order chi connectivity index (χ0) is 33.5. The number of hydrogen-bond donors (Lipinski definition) is 2. The van der Waals surface area contributed by atoms with E-state index in [1.54, 1.807) is 12.4 Å². The molecule has 0 aliphatic carbocycles. The fourth-order valence-corrected chi connectivity index (χ4v) is 4.24.